The first-order valence-electron chi connectivity index (χ1n) is 4.99. The Bertz CT molecular complexity index is 362. The van der Waals surface area contributed by atoms with Crippen LogP contribution in [0.15, 0.2) is 12.1 Å². The van der Waals surface area contributed by atoms with Gasteiger partial charge in [0.15, 0.2) is 0 Å². The van der Waals surface area contributed by atoms with Gasteiger partial charge >= 0.3 is 0 Å². The number of rotatable bonds is 2. The summed E-state index contributed by atoms with van der Waals surface area (Å²) in [6.07, 6.45) is 2.24. The summed E-state index contributed by atoms with van der Waals surface area (Å²) in [7, 11) is 1.65. The van der Waals surface area contributed by atoms with Crippen LogP contribution in [0.25, 0.3) is 0 Å². The molecule has 1 saturated heterocycles. The van der Waals surface area contributed by atoms with E-state index in [1.807, 2.05) is 6.07 Å². The molecule has 0 aliphatic carbocycles. The molecule has 2 rings (SSSR count). The maximum atomic E-state index is 6.21. The summed E-state index contributed by atoms with van der Waals surface area (Å²) in [4.78, 5) is 0. The number of halogens is 2. The maximum absolute atomic E-state index is 6.21. The van der Waals surface area contributed by atoms with Crippen LogP contribution in [0.1, 0.15) is 24.4 Å². The molecule has 2 nitrogen and oxygen atoms in total. The molecule has 0 radical (unpaired) electrons. The van der Waals surface area contributed by atoms with E-state index in [-0.39, 0.29) is 6.04 Å². The molecule has 1 aliphatic rings. The van der Waals surface area contributed by atoms with Gasteiger partial charge in [-0.2, -0.15) is 0 Å². The molecule has 1 aliphatic heterocycles. The van der Waals surface area contributed by atoms with Crippen molar-refractivity contribution in [3.05, 3.63) is 27.7 Å². The fourth-order valence-corrected chi connectivity index (χ4v) is 2.43. The van der Waals surface area contributed by atoms with Crippen molar-refractivity contribution in [2.45, 2.75) is 18.9 Å². The fourth-order valence-electron chi connectivity index (χ4n) is 1.98. The Morgan fingerprint density at radius 3 is 2.80 bits per heavy atom. The van der Waals surface area contributed by atoms with Crippen molar-refractivity contribution in [2.75, 3.05) is 13.7 Å². The number of hydrogen-bond acceptors (Lipinski definition) is 2. The molecule has 82 valence electrons. The molecule has 0 saturated carbocycles. The molecule has 1 heterocycles. The van der Waals surface area contributed by atoms with Crippen LogP contribution in [0.3, 0.4) is 0 Å². The van der Waals surface area contributed by atoms with Crippen LogP contribution in [-0.4, -0.2) is 13.7 Å². The molecular weight excluding hydrogens is 233 g/mol. The molecule has 4 heteroatoms. The van der Waals surface area contributed by atoms with Gasteiger partial charge in [-0.15, -0.1) is 0 Å². The zero-order chi connectivity index (χ0) is 10.8. The van der Waals surface area contributed by atoms with E-state index in [0.29, 0.717) is 10.0 Å². The van der Waals surface area contributed by atoms with E-state index in [1.54, 1.807) is 13.2 Å². The Hall–Kier alpha value is -0.440. The van der Waals surface area contributed by atoms with Crippen molar-refractivity contribution in [1.82, 2.24) is 5.32 Å². The van der Waals surface area contributed by atoms with Gasteiger partial charge in [0.25, 0.3) is 0 Å². The largest absolute Gasteiger partial charge is 0.496 e. The number of benzene rings is 1. The molecule has 1 fully saturated rings. The highest BCUT2D eigenvalue weighted by atomic mass is 35.5. The topological polar surface area (TPSA) is 21.3 Å². The second-order valence-electron chi connectivity index (χ2n) is 3.63. The molecule has 1 N–H and O–H groups in total. The smallest absolute Gasteiger partial charge is 0.125 e. The summed E-state index contributed by atoms with van der Waals surface area (Å²) in [6, 6.07) is 3.90. The molecule has 1 atom stereocenters. The third-order valence-corrected chi connectivity index (χ3v) is 3.54. The average molecular weight is 246 g/mol. The Balaban J connectivity index is 2.45. The molecule has 0 aromatic heterocycles. The predicted molar refractivity (Wildman–Crippen MR) is 63.0 cm³/mol. The summed E-state index contributed by atoms with van der Waals surface area (Å²) in [5.41, 5.74) is 0.990. The maximum Gasteiger partial charge on any atom is 0.125 e. The van der Waals surface area contributed by atoms with Crippen LogP contribution in [0.5, 0.6) is 5.75 Å². The van der Waals surface area contributed by atoms with Crippen molar-refractivity contribution < 1.29 is 4.74 Å². The van der Waals surface area contributed by atoms with E-state index in [2.05, 4.69) is 5.32 Å². The van der Waals surface area contributed by atoms with Crippen LogP contribution < -0.4 is 10.1 Å². The highest BCUT2D eigenvalue weighted by Gasteiger charge is 2.23. The SMILES string of the molecule is COc1ccc(Cl)c(Cl)c1C1CCCN1. The third-order valence-electron chi connectivity index (χ3n) is 2.72. The van der Waals surface area contributed by atoms with E-state index in [9.17, 15) is 0 Å². The monoisotopic (exact) mass is 245 g/mol. The first-order valence-corrected chi connectivity index (χ1v) is 5.75. The Morgan fingerprint density at radius 2 is 2.20 bits per heavy atom. The minimum Gasteiger partial charge on any atom is -0.496 e. The normalized spacial score (nSPS) is 20.6. The lowest BCUT2D eigenvalue weighted by Gasteiger charge is -2.17. The summed E-state index contributed by atoms with van der Waals surface area (Å²) in [5, 5.41) is 4.58. The lowest BCUT2D eigenvalue weighted by Crippen LogP contribution is -2.14. The summed E-state index contributed by atoms with van der Waals surface area (Å²) in [5.74, 6) is 0.809. The lowest BCUT2D eigenvalue weighted by molar-refractivity contribution is 0.403. The average Bonchev–Trinajstić information content (AvgIpc) is 2.75. The highest BCUT2D eigenvalue weighted by Crippen LogP contribution is 2.39. The Labute approximate surface area is 99.5 Å². The van der Waals surface area contributed by atoms with Crippen LogP contribution in [-0.2, 0) is 0 Å². The predicted octanol–water partition coefficient (Wildman–Crippen LogP) is 3.43. The minimum atomic E-state index is 0.270. The lowest BCUT2D eigenvalue weighted by atomic mass is 10.0. The van der Waals surface area contributed by atoms with E-state index >= 15 is 0 Å². The number of methoxy groups -OCH3 is 1. The number of nitrogens with one attached hydrogen (secondary N) is 1. The van der Waals surface area contributed by atoms with Gasteiger partial charge in [0.05, 0.1) is 17.2 Å². The highest BCUT2D eigenvalue weighted by molar-refractivity contribution is 6.42. The van der Waals surface area contributed by atoms with Crippen molar-refractivity contribution in [1.29, 1.82) is 0 Å². The zero-order valence-corrected chi connectivity index (χ0v) is 10.0. The van der Waals surface area contributed by atoms with Crippen LogP contribution in [0.4, 0.5) is 0 Å². The first kappa shape index (κ1) is 11.1. The molecular formula is C11H13Cl2NO. The van der Waals surface area contributed by atoms with Gasteiger partial charge in [-0.05, 0) is 31.5 Å². The van der Waals surface area contributed by atoms with Crippen molar-refractivity contribution >= 4 is 23.2 Å². The molecule has 0 amide bonds. The molecule has 0 bridgehead atoms. The third kappa shape index (κ3) is 2.07. The summed E-state index contributed by atoms with van der Waals surface area (Å²) in [6.45, 7) is 1.02. The zero-order valence-electron chi connectivity index (χ0n) is 8.52. The second-order valence-corrected chi connectivity index (χ2v) is 4.41. The fraction of sp³-hybridized carbons (Fsp3) is 0.455. The quantitative estimate of drug-likeness (QED) is 0.863. The molecule has 1 aromatic rings. The van der Waals surface area contributed by atoms with Gasteiger partial charge in [-0.1, -0.05) is 23.2 Å². The van der Waals surface area contributed by atoms with Crippen molar-refractivity contribution in [3.8, 4) is 5.75 Å². The van der Waals surface area contributed by atoms with Gasteiger partial charge in [0.1, 0.15) is 5.75 Å². The van der Waals surface area contributed by atoms with E-state index in [4.69, 9.17) is 27.9 Å². The first-order chi connectivity index (χ1) is 7.24. The molecule has 1 unspecified atom stereocenters. The molecule has 0 spiro atoms. The number of hydrogen-bond donors (Lipinski definition) is 1. The van der Waals surface area contributed by atoms with E-state index in [1.165, 1.54) is 0 Å². The summed E-state index contributed by atoms with van der Waals surface area (Å²) < 4.78 is 5.31. The van der Waals surface area contributed by atoms with Crippen molar-refractivity contribution in [3.63, 3.8) is 0 Å². The van der Waals surface area contributed by atoms with Gasteiger partial charge in [-0.3, -0.25) is 0 Å². The molecule has 15 heavy (non-hydrogen) atoms. The van der Waals surface area contributed by atoms with Gasteiger partial charge < -0.3 is 10.1 Å². The van der Waals surface area contributed by atoms with Crippen LogP contribution in [0, 0.1) is 0 Å². The summed E-state index contributed by atoms with van der Waals surface area (Å²) >= 11 is 12.2. The minimum absolute atomic E-state index is 0.270. The second kappa shape index (κ2) is 4.60. The van der Waals surface area contributed by atoms with E-state index in [0.717, 1.165) is 30.7 Å². The van der Waals surface area contributed by atoms with E-state index < -0.39 is 0 Å². The number of ether oxygens (including phenoxy) is 1. The van der Waals surface area contributed by atoms with Gasteiger partial charge in [-0.25, -0.2) is 0 Å². The van der Waals surface area contributed by atoms with Crippen molar-refractivity contribution in [2.24, 2.45) is 0 Å². The Kier molecular flexibility index (Phi) is 3.39. The standard InChI is InChI=1S/C11H13Cl2NO/c1-15-9-5-4-7(12)11(13)10(9)8-3-2-6-14-8/h4-5,8,14H,2-3,6H2,1H3. The Morgan fingerprint density at radius 1 is 1.40 bits per heavy atom. The molecule has 1 aromatic carbocycles. The van der Waals surface area contributed by atoms with Crippen LogP contribution >= 0.6 is 23.2 Å². The van der Waals surface area contributed by atoms with Gasteiger partial charge in [0, 0.05) is 11.6 Å². The van der Waals surface area contributed by atoms with Crippen LogP contribution in [0.2, 0.25) is 10.0 Å². The van der Waals surface area contributed by atoms with Gasteiger partial charge in [0.2, 0.25) is 0 Å².